The monoisotopic (exact) mass is 409 g/mol. The summed E-state index contributed by atoms with van der Waals surface area (Å²) in [6.07, 6.45) is 1.67. The largest absolute Gasteiger partial charge is 0.352 e. The van der Waals surface area contributed by atoms with Crippen molar-refractivity contribution in [1.29, 1.82) is 0 Å². The summed E-state index contributed by atoms with van der Waals surface area (Å²) in [6, 6.07) is 15.7. The Labute approximate surface area is 172 Å². The fourth-order valence-electron chi connectivity index (χ4n) is 3.40. The minimum absolute atomic E-state index is 0.0551. The molecule has 3 aromatic rings. The Kier molecular flexibility index (Phi) is 5.27. The molecule has 0 saturated heterocycles. The van der Waals surface area contributed by atoms with Crippen LogP contribution in [0.4, 0.5) is 10.1 Å². The Balaban J connectivity index is 1.55. The molecule has 5 nitrogen and oxygen atoms in total. The van der Waals surface area contributed by atoms with Gasteiger partial charge in [0.1, 0.15) is 5.82 Å². The first-order valence-corrected chi connectivity index (χ1v) is 9.46. The molecule has 0 radical (unpaired) electrons. The van der Waals surface area contributed by atoms with E-state index in [4.69, 9.17) is 11.6 Å². The summed E-state index contributed by atoms with van der Waals surface area (Å²) >= 11 is 5.97. The van der Waals surface area contributed by atoms with E-state index in [0.717, 1.165) is 5.56 Å². The molecule has 1 aliphatic rings. The van der Waals surface area contributed by atoms with E-state index in [1.54, 1.807) is 59.6 Å². The lowest BCUT2D eigenvalue weighted by atomic mass is 10.1. The lowest BCUT2D eigenvalue weighted by Crippen LogP contribution is -2.32. The molecule has 1 aromatic heterocycles. The van der Waals surface area contributed by atoms with Crippen molar-refractivity contribution in [2.75, 3.05) is 4.90 Å². The number of pyridine rings is 1. The predicted octanol–water partition coefficient (Wildman–Crippen LogP) is 4.28. The van der Waals surface area contributed by atoms with Gasteiger partial charge in [-0.2, -0.15) is 0 Å². The van der Waals surface area contributed by atoms with E-state index in [1.165, 1.54) is 12.1 Å². The maximum absolute atomic E-state index is 13.0. The van der Waals surface area contributed by atoms with Crippen LogP contribution in [0.2, 0.25) is 5.02 Å². The standard InChI is InChI=1S/C22H17ClFN3O2/c23-15-5-9-17(10-6-15)27-19(21-18(22(27)29)2-1-11-25-21)12-20(28)26-13-14-3-7-16(24)8-4-14/h1-11,19H,12-13H2,(H,26,28). The summed E-state index contributed by atoms with van der Waals surface area (Å²) in [6.45, 7) is 0.274. The Morgan fingerprint density at radius 3 is 2.55 bits per heavy atom. The third kappa shape index (κ3) is 3.98. The summed E-state index contributed by atoms with van der Waals surface area (Å²) in [4.78, 5) is 31.5. The van der Waals surface area contributed by atoms with Gasteiger partial charge in [-0.1, -0.05) is 23.7 Å². The fourth-order valence-corrected chi connectivity index (χ4v) is 3.52. The lowest BCUT2D eigenvalue weighted by molar-refractivity contribution is -0.121. The number of hydrogen-bond donors (Lipinski definition) is 1. The second-order valence-electron chi connectivity index (χ2n) is 6.71. The van der Waals surface area contributed by atoms with E-state index in [1.807, 2.05) is 0 Å². The molecule has 1 atom stereocenters. The number of hydrogen-bond acceptors (Lipinski definition) is 3. The highest BCUT2D eigenvalue weighted by Crippen LogP contribution is 2.38. The van der Waals surface area contributed by atoms with Gasteiger partial charge in [-0.05, 0) is 54.1 Å². The van der Waals surface area contributed by atoms with Crippen molar-refractivity contribution in [3.63, 3.8) is 0 Å². The van der Waals surface area contributed by atoms with Gasteiger partial charge < -0.3 is 5.32 Å². The van der Waals surface area contributed by atoms with Crippen molar-refractivity contribution in [1.82, 2.24) is 10.3 Å². The van der Waals surface area contributed by atoms with Gasteiger partial charge in [0.15, 0.2) is 0 Å². The number of carbonyl (C=O) groups is 2. The number of rotatable bonds is 5. The van der Waals surface area contributed by atoms with E-state index in [2.05, 4.69) is 10.3 Å². The van der Waals surface area contributed by atoms with Crippen LogP contribution in [0.5, 0.6) is 0 Å². The van der Waals surface area contributed by atoms with Crippen LogP contribution in [0.15, 0.2) is 66.9 Å². The number of amides is 2. The van der Waals surface area contributed by atoms with Gasteiger partial charge in [0.25, 0.3) is 5.91 Å². The SMILES string of the molecule is O=C(CC1c2ncccc2C(=O)N1c1ccc(Cl)cc1)NCc1ccc(F)cc1. The first kappa shape index (κ1) is 19.1. The van der Waals surface area contributed by atoms with Gasteiger partial charge in [0.2, 0.25) is 5.91 Å². The summed E-state index contributed by atoms with van der Waals surface area (Å²) in [5.74, 6) is -0.762. The fraction of sp³-hybridized carbons (Fsp3) is 0.136. The summed E-state index contributed by atoms with van der Waals surface area (Å²) in [5, 5.41) is 3.38. The Morgan fingerprint density at radius 1 is 1.10 bits per heavy atom. The van der Waals surface area contributed by atoms with Crippen molar-refractivity contribution in [2.45, 2.75) is 19.0 Å². The number of fused-ring (bicyclic) bond motifs is 1. The van der Waals surface area contributed by atoms with Gasteiger partial charge in [0, 0.05) is 23.5 Å². The molecular weight excluding hydrogens is 393 g/mol. The van der Waals surface area contributed by atoms with Crippen molar-refractivity contribution in [3.05, 3.63) is 94.5 Å². The molecule has 0 bridgehead atoms. The highest BCUT2D eigenvalue weighted by Gasteiger charge is 2.39. The molecule has 4 rings (SSSR count). The minimum Gasteiger partial charge on any atom is -0.352 e. The number of nitrogens with zero attached hydrogens (tertiary/aromatic N) is 2. The number of halogens is 2. The number of nitrogens with one attached hydrogen (secondary N) is 1. The zero-order valence-electron chi connectivity index (χ0n) is 15.3. The second kappa shape index (κ2) is 8.01. The van der Waals surface area contributed by atoms with Crippen LogP contribution in [-0.2, 0) is 11.3 Å². The number of anilines is 1. The summed E-state index contributed by atoms with van der Waals surface area (Å²) < 4.78 is 13.0. The van der Waals surface area contributed by atoms with Gasteiger partial charge in [0.05, 0.1) is 23.7 Å². The molecule has 7 heteroatoms. The van der Waals surface area contributed by atoms with E-state index in [0.29, 0.717) is 22.0 Å². The van der Waals surface area contributed by atoms with E-state index in [-0.39, 0.29) is 30.6 Å². The van der Waals surface area contributed by atoms with Crippen molar-refractivity contribution < 1.29 is 14.0 Å². The maximum Gasteiger partial charge on any atom is 0.260 e. The van der Waals surface area contributed by atoms with E-state index in [9.17, 15) is 14.0 Å². The molecule has 1 unspecified atom stereocenters. The summed E-state index contributed by atoms with van der Waals surface area (Å²) in [5.41, 5.74) is 2.49. The van der Waals surface area contributed by atoms with Crippen LogP contribution in [0.25, 0.3) is 0 Å². The van der Waals surface area contributed by atoms with Crippen LogP contribution >= 0.6 is 11.6 Å². The molecule has 146 valence electrons. The van der Waals surface area contributed by atoms with Crippen molar-refractivity contribution in [3.8, 4) is 0 Å². The third-order valence-corrected chi connectivity index (χ3v) is 5.05. The number of carbonyl (C=O) groups excluding carboxylic acids is 2. The van der Waals surface area contributed by atoms with Crippen LogP contribution in [0.1, 0.15) is 34.1 Å². The van der Waals surface area contributed by atoms with Crippen molar-refractivity contribution in [2.24, 2.45) is 0 Å². The van der Waals surface area contributed by atoms with Gasteiger partial charge in [-0.15, -0.1) is 0 Å². The Hall–Kier alpha value is -3.25. The van der Waals surface area contributed by atoms with Crippen LogP contribution in [-0.4, -0.2) is 16.8 Å². The van der Waals surface area contributed by atoms with Gasteiger partial charge in [-0.25, -0.2) is 4.39 Å². The zero-order valence-corrected chi connectivity index (χ0v) is 16.1. The molecule has 2 heterocycles. The molecule has 0 fully saturated rings. The average molecular weight is 410 g/mol. The Bertz CT molecular complexity index is 1050. The second-order valence-corrected chi connectivity index (χ2v) is 7.15. The molecular formula is C22H17ClFN3O2. The Morgan fingerprint density at radius 2 is 1.83 bits per heavy atom. The average Bonchev–Trinajstić information content (AvgIpc) is 3.00. The number of aromatic nitrogens is 1. The molecule has 29 heavy (non-hydrogen) atoms. The first-order chi connectivity index (χ1) is 14.0. The van der Waals surface area contributed by atoms with E-state index < -0.39 is 6.04 Å². The highest BCUT2D eigenvalue weighted by molar-refractivity contribution is 6.30. The van der Waals surface area contributed by atoms with Crippen LogP contribution in [0, 0.1) is 5.82 Å². The minimum atomic E-state index is -0.520. The molecule has 1 aliphatic heterocycles. The smallest absolute Gasteiger partial charge is 0.260 e. The van der Waals surface area contributed by atoms with Crippen molar-refractivity contribution >= 4 is 29.1 Å². The van der Waals surface area contributed by atoms with Crippen LogP contribution in [0.3, 0.4) is 0 Å². The predicted molar refractivity (Wildman–Crippen MR) is 108 cm³/mol. The topological polar surface area (TPSA) is 62.3 Å². The highest BCUT2D eigenvalue weighted by atomic mass is 35.5. The van der Waals surface area contributed by atoms with E-state index >= 15 is 0 Å². The van der Waals surface area contributed by atoms with Gasteiger partial charge >= 0.3 is 0 Å². The molecule has 2 aromatic carbocycles. The molecule has 2 amide bonds. The lowest BCUT2D eigenvalue weighted by Gasteiger charge is -2.24. The van der Waals surface area contributed by atoms with Crippen LogP contribution < -0.4 is 10.2 Å². The quantitative estimate of drug-likeness (QED) is 0.684. The number of benzene rings is 2. The third-order valence-electron chi connectivity index (χ3n) is 4.80. The zero-order chi connectivity index (χ0) is 20.4. The molecule has 0 spiro atoms. The summed E-state index contributed by atoms with van der Waals surface area (Å²) in [7, 11) is 0. The molecule has 1 N–H and O–H groups in total. The molecule has 0 saturated carbocycles. The normalized spacial score (nSPS) is 15.3. The first-order valence-electron chi connectivity index (χ1n) is 9.08. The maximum atomic E-state index is 13.0. The molecule has 0 aliphatic carbocycles. The van der Waals surface area contributed by atoms with Gasteiger partial charge in [-0.3, -0.25) is 19.5 Å².